The lowest BCUT2D eigenvalue weighted by molar-refractivity contribution is 0.0704. The number of nitrogens with one attached hydrogen (secondary N) is 1. The lowest BCUT2D eigenvalue weighted by Crippen LogP contribution is -2.21. The summed E-state index contributed by atoms with van der Waals surface area (Å²) in [6, 6.07) is 10.3. The second kappa shape index (κ2) is 9.16. The maximum atomic E-state index is 12.7. The number of carbonyl (C=O) groups excluding carboxylic acids is 1. The molecule has 0 bridgehead atoms. The molecule has 5 rings (SSSR count). The molecular weight excluding hydrogens is 390 g/mol. The van der Waals surface area contributed by atoms with Crippen molar-refractivity contribution in [3.63, 3.8) is 0 Å². The Morgan fingerprint density at radius 2 is 1.87 bits per heavy atom. The molecule has 2 aromatic heterocycles. The summed E-state index contributed by atoms with van der Waals surface area (Å²) < 4.78 is 7.56. The maximum absolute atomic E-state index is 12.7. The van der Waals surface area contributed by atoms with Gasteiger partial charge in [-0.1, -0.05) is 12.1 Å². The van der Waals surface area contributed by atoms with Crippen molar-refractivity contribution in [2.75, 3.05) is 38.2 Å². The van der Waals surface area contributed by atoms with E-state index in [9.17, 15) is 4.79 Å². The first kappa shape index (κ1) is 20.2. The minimum Gasteiger partial charge on any atom is -0.381 e. The number of hydrogen-bond donors (Lipinski definition) is 1. The number of anilines is 1. The highest BCUT2D eigenvalue weighted by Crippen LogP contribution is 2.25. The van der Waals surface area contributed by atoms with Gasteiger partial charge in [-0.2, -0.15) is 0 Å². The molecule has 0 spiro atoms. The van der Waals surface area contributed by atoms with E-state index < -0.39 is 0 Å². The third kappa shape index (κ3) is 4.62. The van der Waals surface area contributed by atoms with Gasteiger partial charge in [-0.3, -0.25) is 4.79 Å². The van der Waals surface area contributed by atoms with Gasteiger partial charge >= 0.3 is 0 Å². The zero-order valence-electron chi connectivity index (χ0n) is 17.8. The lowest BCUT2D eigenvalue weighted by atomic mass is 10.1. The smallest absolute Gasteiger partial charge is 0.257 e. The Morgan fingerprint density at radius 3 is 2.65 bits per heavy atom. The Kier molecular flexibility index (Phi) is 5.95. The molecule has 2 fully saturated rings. The standard InChI is InChI=1S/C24H29N5O2/c30-24(27-20-5-3-18(4-6-20)7-12-28-10-1-2-11-28)19-15-22-23(25-16-19)29(17-26-22)21-8-13-31-14-9-21/h3-6,15-17,21H,1-2,7-14H2,(H,27,30). The van der Waals surface area contributed by atoms with E-state index in [0.29, 0.717) is 11.6 Å². The van der Waals surface area contributed by atoms with Crippen molar-refractivity contribution < 1.29 is 9.53 Å². The highest BCUT2D eigenvalue weighted by molar-refractivity contribution is 6.05. The Bertz CT molecular complexity index is 1030. The van der Waals surface area contributed by atoms with Gasteiger partial charge in [-0.15, -0.1) is 0 Å². The van der Waals surface area contributed by atoms with Gasteiger partial charge < -0.3 is 19.5 Å². The van der Waals surface area contributed by atoms with Gasteiger partial charge in [0.2, 0.25) is 0 Å². The lowest BCUT2D eigenvalue weighted by Gasteiger charge is -2.23. The molecule has 3 aromatic rings. The van der Waals surface area contributed by atoms with Crippen LogP contribution in [0.2, 0.25) is 0 Å². The molecule has 2 saturated heterocycles. The molecule has 0 aliphatic carbocycles. The number of benzene rings is 1. The molecule has 4 heterocycles. The van der Waals surface area contributed by atoms with Crippen LogP contribution < -0.4 is 5.32 Å². The minimum absolute atomic E-state index is 0.167. The molecule has 2 aliphatic heterocycles. The number of aromatic nitrogens is 3. The van der Waals surface area contributed by atoms with Gasteiger partial charge in [0.1, 0.15) is 5.52 Å². The number of hydrogen-bond acceptors (Lipinski definition) is 5. The van der Waals surface area contributed by atoms with Gasteiger partial charge in [0.25, 0.3) is 5.91 Å². The number of ether oxygens (including phenoxy) is 1. The van der Waals surface area contributed by atoms with Crippen molar-refractivity contribution in [1.29, 1.82) is 0 Å². The minimum atomic E-state index is -0.167. The van der Waals surface area contributed by atoms with Crippen LogP contribution in [-0.2, 0) is 11.2 Å². The fourth-order valence-electron chi connectivity index (χ4n) is 4.53. The third-order valence-corrected chi connectivity index (χ3v) is 6.39. The van der Waals surface area contributed by atoms with Gasteiger partial charge in [0, 0.05) is 37.7 Å². The Hall–Kier alpha value is -2.77. The quantitative estimate of drug-likeness (QED) is 0.660. The highest BCUT2D eigenvalue weighted by atomic mass is 16.5. The molecule has 162 valence electrons. The van der Waals surface area contributed by atoms with E-state index in [-0.39, 0.29) is 5.91 Å². The summed E-state index contributed by atoms with van der Waals surface area (Å²) in [5.74, 6) is -0.167. The molecule has 1 amide bonds. The number of carbonyl (C=O) groups is 1. The summed E-state index contributed by atoms with van der Waals surface area (Å²) in [7, 11) is 0. The number of likely N-dealkylation sites (tertiary alicyclic amines) is 1. The van der Waals surface area contributed by atoms with E-state index >= 15 is 0 Å². The van der Waals surface area contributed by atoms with Crippen LogP contribution in [0, 0.1) is 0 Å². The van der Waals surface area contributed by atoms with Gasteiger partial charge in [-0.25, -0.2) is 9.97 Å². The monoisotopic (exact) mass is 419 g/mol. The van der Waals surface area contributed by atoms with Crippen molar-refractivity contribution in [3.05, 3.63) is 54.0 Å². The normalized spacial score (nSPS) is 17.9. The van der Waals surface area contributed by atoms with Crippen LogP contribution in [0.4, 0.5) is 5.69 Å². The van der Waals surface area contributed by atoms with Crippen LogP contribution in [0.25, 0.3) is 11.2 Å². The van der Waals surface area contributed by atoms with Crippen LogP contribution >= 0.6 is 0 Å². The first-order chi connectivity index (χ1) is 15.3. The average Bonchev–Trinajstić information content (AvgIpc) is 3.49. The molecule has 0 radical (unpaired) electrons. The number of rotatable bonds is 6. The van der Waals surface area contributed by atoms with Crippen LogP contribution in [0.5, 0.6) is 0 Å². The molecular formula is C24H29N5O2. The fraction of sp³-hybridized carbons (Fsp3) is 0.458. The van der Waals surface area contributed by atoms with Crippen LogP contribution in [-0.4, -0.2) is 58.2 Å². The number of nitrogens with zero attached hydrogens (tertiary/aromatic N) is 4. The van der Waals surface area contributed by atoms with E-state index in [2.05, 4.69) is 36.9 Å². The first-order valence-corrected chi connectivity index (χ1v) is 11.3. The van der Waals surface area contributed by atoms with Gasteiger partial charge in [0.15, 0.2) is 5.65 Å². The summed E-state index contributed by atoms with van der Waals surface area (Å²) in [6.07, 6.45) is 9.08. The van der Waals surface area contributed by atoms with Crippen molar-refractivity contribution in [2.24, 2.45) is 0 Å². The SMILES string of the molecule is O=C(Nc1ccc(CCN2CCCC2)cc1)c1cnc2c(c1)ncn2C1CCOCC1. The second-order valence-corrected chi connectivity index (χ2v) is 8.51. The van der Waals surface area contributed by atoms with E-state index in [0.717, 1.165) is 55.9 Å². The zero-order chi connectivity index (χ0) is 21.0. The van der Waals surface area contributed by atoms with Crippen LogP contribution in [0.15, 0.2) is 42.9 Å². The number of amides is 1. The van der Waals surface area contributed by atoms with Gasteiger partial charge in [0.05, 0.1) is 11.9 Å². The van der Waals surface area contributed by atoms with Crippen molar-refractivity contribution >= 4 is 22.8 Å². The predicted octanol–water partition coefficient (Wildman–Crippen LogP) is 3.67. The Balaban J connectivity index is 1.22. The van der Waals surface area contributed by atoms with Gasteiger partial charge in [-0.05, 0) is 69.0 Å². The highest BCUT2D eigenvalue weighted by Gasteiger charge is 2.19. The van der Waals surface area contributed by atoms with Crippen molar-refractivity contribution in [3.8, 4) is 0 Å². The fourth-order valence-corrected chi connectivity index (χ4v) is 4.53. The average molecular weight is 420 g/mol. The molecule has 1 aromatic carbocycles. The van der Waals surface area contributed by atoms with Crippen LogP contribution in [0.1, 0.15) is 47.6 Å². The second-order valence-electron chi connectivity index (χ2n) is 8.51. The number of imidazole rings is 1. The van der Waals surface area contributed by atoms with Crippen molar-refractivity contribution in [2.45, 2.75) is 38.1 Å². The molecule has 7 heteroatoms. The Morgan fingerprint density at radius 1 is 1.10 bits per heavy atom. The summed E-state index contributed by atoms with van der Waals surface area (Å²) >= 11 is 0. The third-order valence-electron chi connectivity index (χ3n) is 6.39. The predicted molar refractivity (Wildman–Crippen MR) is 120 cm³/mol. The van der Waals surface area contributed by atoms with E-state index in [1.165, 1.54) is 31.5 Å². The van der Waals surface area contributed by atoms with E-state index in [1.807, 2.05) is 24.5 Å². The number of pyridine rings is 1. The summed E-state index contributed by atoms with van der Waals surface area (Å²) in [4.78, 5) is 24.3. The summed E-state index contributed by atoms with van der Waals surface area (Å²) in [5, 5.41) is 2.98. The summed E-state index contributed by atoms with van der Waals surface area (Å²) in [6.45, 7) is 5.08. The molecule has 1 N–H and O–H groups in total. The molecule has 2 aliphatic rings. The Labute approximate surface area is 182 Å². The maximum Gasteiger partial charge on any atom is 0.257 e. The van der Waals surface area contributed by atoms with E-state index in [1.54, 1.807) is 6.20 Å². The zero-order valence-corrected chi connectivity index (χ0v) is 17.8. The molecule has 31 heavy (non-hydrogen) atoms. The molecule has 0 atom stereocenters. The topological polar surface area (TPSA) is 72.3 Å². The van der Waals surface area contributed by atoms with Crippen molar-refractivity contribution in [1.82, 2.24) is 19.4 Å². The first-order valence-electron chi connectivity index (χ1n) is 11.3. The molecule has 7 nitrogen and oxygen atoms in total. The summed E-state index contributed by atoms with van der Waals surface area (Å²) in [5.41, 5.74) is 4.18. The molecule has 0 unspecified atom stereocenters. The number of fused-ring (bicyclic) bond motifs is 1. The largest absolute Gasteiger partial charge is 0.381 e. The van der Waals surface area contributed by atoms with Crippen LogP contribution in [0.3, 0.4) is 0 Å². The van der Waals surface area contributed by atoms with E-state index in [4.69, 9.17) is 4.74 Å². The molecule has 0 saturated carbocycles.